The first-order chi connectivity index (χ1) is 14.2. The minimum absolute atomic E-state index is 0.335. The first kappa shape index (κ1) is 18.5. The predicted octanol–water partition coefficient (Wildman–Crippen LogP) is 4.03. The highest BCUT2D eigenvalue weighted by molar-refractivity contribution is 6.01. The van der Waals surface area contributed by atoms with Crippen LogP contribution in [-0.2, 0) is 0 Å². The summed E-state index contributed by atoms with van der Waals surface area (Å²) in [6.07, 6.45) is 1.65. The van der Waals surface area contributed by atoms with Crippen LogP contribution >= 0.6 is 0 Å². The molecule has 3 N–H and O–H groups in total. The monoisotopic (exact) mass is 387 g/mol. The number of hydrogen-bond acceptors (Lipinski definition) is 4. The van der Waals surface area contributed by atoms with Crippen LogP contribution in [0.1, 0.15) is 28.7 Å². The van der Waals surface area contributed by atoms with Crippen LogP contribution < -0.4 is 10.2 Å². The molecular formula is C22H21N5O2. The van der Waals surface area contributed by atoms with E-state index < -0.39 is 0 Å². The van der Waals surface area contributed by atoms with Crippen LogP contribution in [-0.4, -0.2) is 33.9 Å². The summed E-state index contributed by atoms with van der Waals surface area (Å²) in [6.45, 7) is 4.53. The second-order valence-corrected chi connectivity index (χ2v) is 6.53. The van der Waals surface area contributed by atoms with Gasteiger partial charge in [0.15, 0.2) is 0 Å². The average molecular weight is 387 g/mol. The van der Waals surface area contributed by atoms with Gasteiger partial charge in [0.2, 0.25) is 0 Å². The van der Waals surface area contributed by atoms with E-state index >= 15 is 0 Å². The highest BCUT2D eigenvalue weighted by Crippen LogP contribution is 2.22. The van der Waals surface area contributed by atoms with Gasteiger partial charge in [0, 0.05) is 27.7 Å². The molecule has 0 aliphatic carbocycles. The summed E-state index contributed by atoms with van der Waals surface area (Å²) < 4.78 is 5.44. The first-order valence-corrected chi connectivity index (χ1v) is 9.35. The third kappa shape index (κ3) is 3.89. The van der Waals surface area contributed by atoms with Gasteiger partial charge in [0.05, 0.1) is 18.5 Å². The number of hydrogen-bond donors (Lipinski definition) is 3. The van der Waals surface area contributed by atoms with Crippen LogP contribution in [0.2, 0.25) is 0 Å². The lowest BCUT2D eigenvalue weighted by molar-refractivity contribution is 0.0950. The molecule has 1 amide bonds. The molecule has 146 valence electrons. The molecule has 0 spiro atoms. The Morgan fingerprint density at radius 2 is 2.00 bits per heavy atom. The van der Waals surface area contributed by atoms with Gasteiger partial charge in [0.1, 0.15) is 11.4 Å². The summed E-state index contributed by atoms with van der Waals surface area (Å²) in [6, 6.07) is 17.2. The molecular weight excluding hydrogens is 366 g/mol. The van der Waals surface area contributed by atoms with Gasteiger partial charge in [-0.15, -0.1) is 0 Å². The molecule has 0 aliphatic heterocycles. The summed E-state index contributed by atoms with van der Waals surface area (Å²) in [5.74, 6) is 0.440. The maximum atomic E-state index is 12.4. The SMILES string of the molecule is CCOc1ccc(-c2cc(C(=O)N/N=C\c3c(C)[nH]c4ccccc34)[nH]n2)cc1. The number of fused-ring (bicyclic) bond motifs is 1. The predicted molar refractivity (Wildman–Crippen MR) is 113 cm³/mol. The van der Waals surface area contributed by atoms with E-state index in [1.54, 1.807) is 12.3 Å². The van der Waals surface area contributed by atoms with Crippen LogP contribution in [0.4, 0.5) is 0 Å². The maximum Gasteiger partial charge on any atom is 0.289 e. The number of nitrogens with zero attached hydrogens (tertiary/aromatic N) is 2. The van der Waals surface area contributed by atoms with Gasteiger partial charge in [-0.25, -0.2) is 5.43 Å². The van der Waals surface area contributed by atoms with Gasteiger partial charge in [-0.3, -0.25) is 9.89 Å². The first-order valence-electron chi connectivity index (χ1n) is 9.35. The van der Waals surface area contributed by atoms with Gasteiger partial charge in [-0.2, -0.15) is 10.2 Å². The van der Waals surface area contributed by atoms with Crippen molar-refractivity contribution in [1.29, 1.82) is 0 Å². The van der Waals surface area contributed by atoms with E-state index in [1.165, 1.54) is 0 Å². The van der Waals surface area contributed by atoms with Crippen LogP contribution in [0, 0.1) is 6.92 Å². The molecule has 0 bridgehead atoms. The number of amides is 1. The number of carbonyl (C=O) groups excluding carboxylic acids is 1. The van der Waals surface area contributed by atoms with Crippen molar-refractivity contribution in [3.8, 4) is 17.0 Å². The minimum atomic E-state index is -0.358. The van der Waals surface area contributed by atoms with Crippen molar-refractivity contribution in [2.24, 2.45) is 5.10 Å². The average Bonchev–Trinajstić information content (AvgIpc) is 3.34. The molecule has 2 aromatic heterocycles. The van der Waals surface area contributed by atoms with Gasteiger partial charge < -0.3 is 9.72 Å². The minimum Gasteiger partial charge on any atom is -0.494 e. The summed E-state index contributed by atoms with van der Waals surface area (Å²) in [7, 11) is 0. The molecule has 7 nitrogen and oxygen atoms in total. The molecule has 0 radical (unpaired) electrons. The number of aromatic nitrogens is 3. The fraction of sp³-hybridized carbons (Fsp3) is 0.136. The number of hydrazone groups is 1. The van der Waals surface area contributed by atoms with Crippen molar-refractivity contribution >= 4 is 23.0 Å². The van der Waals surface area contributed by atoms with Crippen molar-refractivity contribution in [3.05, 3.63) is 71.5 Å². The zero-order valence-electron chi connectivity index (χ0n) is 16.2. The molecule has 2 aromatic carbocycles. The number of rotatable bonds is 6. The largest absolute Gasteiger partial charge is 0.494 e. The third-order valence-corrected chi connectivity index (χ3v) is 4.59. The molecule has 0 unspecified atom stereocenters. The molecule has 2 heterocycles. The molecule has 0 saturated heterocycles. The Bertz CT molecular complexity index is 1170. The fourth-order valence-electron chi connectivity index (χ4n) is 3.15. The zero-order chi connectivity index (χ0) is 20.2. The number of aryl methyl sites for hydroxylation is 1. The fourth-order valence-corrected chi connectivity index (χ4v) is 3.15. The van der Waals surface area contributed by atoms with Crippen molar-refractivity contribution in [2.45, 2.75) is 13.8 Å². The normalized spacial score (nSPS) is 11.2. The van der Waals surface area contributed by atoms with E-state index in [1.807, 2.05) is 62.4 Å². The molecule has 29 heavy (non-hydrogen) atoms. The zero-order valence-corrected chi connectivity index (χ0v) is 16.2. The molecule has 4 rings (SSSR count). The smallest absolute Gasteiger partial charge is 0.289 e. The van der Waals surface area contributed by atoms with Gasteiger partial charge >= 0.3 is 0 Å². The molecule has 0 aliphatic rings. The van der Waals surface area contributed by atoms with Crippen molar-refractivity contribution in [2.75, 3.05) is 6.61 Å². The van der Waals surface area contributed by atoms with Gasteiger partial charge in [0.25, 0.3) is 5.91 Å². The van der Waals surface area contributed by atoms with Crippen molar-refractivity contribution in [3.63, 3.8) is 0 Å². The molecule has 7 heteroatoms. The third-order valence-electron chi connectivity index (χ3n) is 4.59. The maximum absolute atomic E-state index is 12.4. The number of ether oxygens (including phenoxy) is 1. The van der Waals surface area contributed by atoms with Crippen LogP contribution in [0.25, 0.3) is 22.2 Å². The molecule has 0 fully saturated rings. The highest BCUT2D eigenvalue weighted by atomic mass is 16.5. The Hall–Kier alpha value is -3.87. The second kappa shape index (κ2) is 8.02. The summed E-state index contributed by atoms with van der Waals surface area (Å²) in [4.78, 5) is 15.7. The molecule has 4 aromatic rings. The number of H-pyrrole nitrogens is 2. The Morgan fingerprint density at radius 3 is 2.79 bits per heavy atom. The highest BCUT2D eigenvalue weighted by Gasteiger charge is 2.11. The van der Waals surface area contributed by atoms with E-state index in [0.29, 0.717) is 18.0 Å². The van der Waals surface area contributed by atoms with Gasteiger partial charge in [-0.1, -0.05) is 18.2 Å². The molecule has 0 saturated carbocycles. The summed E-state index contributed by atoms with van der Waals surface area (Å²) in [5.41, 5.74) is 7.41. The second-order valence-electron chi connectivity index (χ2n) is 6.53. The van der Waals surface area contributed by atoms with Gasteiger partial charge in [-0.05, 0) is 50.2 Å². The lowest BCUT2D eigenvalue weighted by atomic mass is 10.1. The Balaban J connectivity index is 1.45. The van der Waals surface area contributed by atoms with E-state index in [0.717, 1.165) is 33.5 Å². The number of nitrogens with one attached hydrogen (secondary N) is 3. The summed E-state index contributed by atoms with van der Waals surface area (Å²) in [5, 5.41) is 12.1. The van der Waals surface area contributed by atoms with Crippen LogP contribution in [0.15, 0.2) is 59.7 Å². The Labute approximate surface area is 167 Å². The number of para-hydroxylation sites is 1. The van der Waals surface area contributed by atoms with Crippen molar-refractivity contribution in [1.82, 2.24) is 20.6 Å². The topological polar surface area (TPSA) is 95.2 Å². The lowest BCUT2D eigenvalue weighted by Crippen LogP contribution is -2.18. The number of carbonyl (C=O) groups is 1. The van der Waals surface area contributed by atoms with Crippen molar-refractivity contribution < 1.29 is 9.53 Å². The summed E-state index contributed by atoms with van der Waals surface area (Å²) >= 11 is 0. The Kier molecular flexibility index (Phi) is 5.11. The van der Waals surface area contributed by atoms with E-state index in [2.05, 4.69) is 25.7 Å². The quantitative estimate of drug-likeness (QED) is 0.344. The van der Waals surface area contributed by atoms with E-state index in [4.69, 9.17) is 4.74 Å². The van der Waals surface area contributed by atoms with Crippen LogP contribution in [0.5, 0.6) is 5.75 Å². The number of aromatic amines is 2. The lowest BCUT2D eigenvalue weighted by Gasteiger charge is -2.02. The van der Waals surface area contributed by atoms with E-state index in [-0.39, 0.29) is 5.91 Å². The molecule has 0 atom stereocenters. The standard InChI is InChI=1S/C22H21N5O2/c1-3-29-16-10-8-15(9-11-16)20-12-21(26-25-20)22(28)27-23-13-18-14(2)24-19-7-5-4-6-17(18)19/h4-13,24H,3H2,1-2H3,(H,25,26)(H,27,28)/b23-13-. The number of benzene rings is 2. The Morgan fingerprint density at radius 1 is 1.21 bits per heavy atom. The van der Waals surface area contributed by atoms with E-state index in [9.17, 15) is 4.79 Å². The van der Waals surface area contributed by atoms with Crippen LogP contribution in [0.3, 0.4) is 0 Å².